The van der Waals surface area contributed by atoms with Gasteiger partial charge in [0.2, 0.25) is 0 Å². The van der Waals surface area contributed by atoms with Gasteiger partial charge in [-0.1, -0.05) is 48.9 Å². The van der Waals surface area contributed by atoms with Crippen LogP contribution < -0.4 is 10.5 Å². The van der Waals surface area contributed by atoms with Crippen LogP contribution in [0.3, 0.4) is 0 Å². The van der Waals surface area contributed by atoms with E-state index in [0.717, 1.165) is 17.2 Å². The Hall–Kier alpha value is -1.80. The van der Waals surface area contributed by atoms with Crippen LogP contribution in [0.4, 0.5) is 0 Å². The van der Waals surface area contributed by atoms with Gasteiger partial charge in [0.15, 0.2) is 0 Å². The fraction of sp³-hybridized carbons (Fsp3) is 0.368. The molecule has 0 heterocycles. The summed E-state index contributed by atoms with van der Waals surface area (Å²) in [5.74, 6) is 1.63. The highest BCUT2D eigenvalue weighted by Crippen LogP contribution is 2.37. The molecule has 1 aliphatic rings. The molecular weight excluding hydrogens is 258 g/mol. The summed E-state index contributed by atoms with van der Waals surface area (Å²) in [6.45, 7) is 2.66. The van der Waals surface area contributed by atoms with E-state index in [0.29, 0.717) is 6.61 Å². The number of benzene rings is 2. The average molecular weight is 281 g/mol. The molecule has 1 aliphatic carbocycles. The molecule has 2 N–H and O–H groups in total. The lowest BCUT2D eigenvalue weighted by molar-refractivity contribution is 0.335. The second kappa shape index (κ2) is 6.31. The molecular formula is C19H23NO. The summed E-state index contributed by atoms with van der Waals surface area (Å²) in [6.07, 6.45) is 3.98. The summed E-state index contributed by atoms with van der Waals surface area (Å²) < 4.78 is 5.71. The normalized spacial score (nSPS) is 16.3. The van der Waals surface area contributed by atoms with Crippen molar-refractivity contribution in [1.82, 2.24) is 0 Å². The first kappa shape index (κ1) is 14.2. The van der Waals surface area contributed by atoms with Gasteiger partial charge in [0.05, 0.1) is 12.6 Å². The largest absolute Gasteiger partial charge is 0.494 e. The molecule has 0 aliphatic heterocycles. The van der Waals surface area contributed by atoms with Gasteiger partial charge in [0, 0.05) is 5.56 Å². The SMILES string of the molecule is CCOc1ccccc1C(N)c1cccc(C2CCC2)c1. The van der Waals surface area contributed by atoms with Crippen molar-refractivity contribution in [1.29, 1.82) is 0 Å². The van der Waals surface area contributed by atoms with Crippen molar-refractivity contribution in [3.8, 4) is 5.75 Å². The van der Waals surface area contributed by atoms with Crippen molar-refractivity contribution >= 4 is 0 Å². The summed E-state index contributed by atoms with van der Waals surface area (Å²) >= 11 is 0. The monoisotopic (exact) mass is 281 g/mol. The van der Waals surface area contributed by atoms with Crippen molar-refractivity contribution in [2.45, 2.75) is 38.1 Å². The molecule has 1 fully saturated rings. The van der Waals surface area contributed by atoms with Crippen molar-refractivity contribution in [2.24, 2.45) is 5.73 Å². The lowest BCUT2D eigenvalue weighted by Crippen LogP contribution is -2.15. The fourth-order valence-corrected chi connectivity index (χ4v) is 2.95. The molecule has 0 radical (unpaired) electrons. The van der Waals surface area contributed by atoms with Gasteiger partial charge in [-0.05, 0) is 42.9 Å². The van der Waals surface area contributed by atoms with Gasteiger partial charge < -0.3 is 10.5 Å². The molecule has 1 saturated carbocycles. The van der Waals surface area contributed by atoms with Crippen molar-refractivity contribution < 1.29 is 4.74 Å². The van der Waals surface area contributed by atoms with Gasteiger partial charge in [0.1, 0.15) is 5.75 Å². The number of nitrogens with two attached hydrogens (primary N) is 1. The minimum atomic E-state index is -0.132. The standard InChI is InChI=1S/C19H23NO/c1-2-21-18-12-4-3-11-17(18)19(20)16-10-6-9-15(13-16)14-7-5-8-14/h3-4,6,9-14,19H,2,5,7-8,20H2,1H3. The highest BCUT2D eigenvalue weighted by atomic mass is 16.5. The molecule has 1 atom stereocenters. The third-order valence-electron chi connectivity index (χ3n) is 4.40. The quantitative estimate of drug-likeness (QED) is 0.881. The predicted octanol–water partition coefficient (Wildman–Crippen LogP) is 4.40. The molecule has 21 heavy (non-hydrogen) atoms. The lowest BCUT2D eigenvalue weighted by Gasteiger charge is -2.27. The van der Waals surface area contributed by atoms with Crippen LogP contribution in [0, 0.1) is 0 Å². The number of hydrogen-bond donors (Lipinski definition) is 1. The van der Waals surface area contributed by atoms with Crippen molar-refractivity contribution in [3.63, 3.8) is 0 Å². The van der Waals surface area contributed by atoms with E-state index in [-0.39, 0.29) is 6.04 Å². The first-order valence-corrected chi connectivity index (χ1v) is 7.86. The molecule has 0 saturated heterocycles. The Morgan fingerprint density at radius 2 is 1.95 bits per heavy atom. The maximum absolute atomic E-state index is 6.50. The van der Waals surface area contributed by atoms with E-state index in [2.05, 4.69) is 30.3 Å². The Bertz CT molecular complexity index is 604. The summed E-state index contributed by atoms with van der Waals surface area (Å²) in [5, 5.41) is 0. The zero-order valence-electron chi connectivity index (χ0n) is 12.6. The molecule has 2 heteroatoms. The Morgan fingerprint density at radius 3 is 2.67 bits per heavy atom. The molecule has 2 aromatic rings. The van der Waals surface area contributed by atoms with E-state index in [1.807, 2.05) is 25.1 Å². The van der Waals surface area contributed by atoms with Crippen LogP contribution in [0.2, 0.25) is 0 Å². The van der Waals surface area contributed by atoms with Gasteiger partial charge in [-0.2, -0.15) is 0 Å². The molecule has 0 aromatic heterocycles. The van der Waals surface area contributed by atoms with E-state index in [4.69, 9.17) is 10.5 Å². The highest BCUT2D eigenvalue weighted by Gasteiger charge is 2.21. The van der Waals surface area contributed by atoms with Gasteiger partial charge >= 0.3 is 0 Å². The van der Waals surface area contributed by atoms with E-state index in [1.54, 1.807) is 0 Å². The molecule has 0 bridgehead atoms. The van der Waals surface area contributed by atoms with Gasteiger partial charge in [-0.15, -0.1) is 0 Å². The maximum atomic E-state index is 6.50. The maximum Gasteiger partial charge on any atom is 0.124 e. The van der Waals surface area contributed by atoms with Gasteiger partial charge in [-0.3, -0.25) is 0 Å². The molecule has 0 spiro atoms. The lowest BCUT2D eigenvalue weighted by atomic mass is 9.79. The zero-order valence-corrected chi connectivity index (χ0v) is 12.6. The molecule has 2 nitrogen and oxygen atoms in total. The van der Waals surface area contributed by atoms with Gasteiger partial charge in [-0.25, -0.2) is 0 Å². The predicted molar refractivity (Wildman–Crippen MR) is 86.7 cm³/mol. The minimum Gasteiger partial charge on any atom is -0.494 e. The van der Waals surface area contributed by atoms with E-state index in [9.17, 15) is 0 Å². The Kier molecular flexibility index (Phi) is 4.26. The summed E-state index contributed by atoms with van der Waals surface area (Å²) in [5.41, 5.74) is 10.2. The van der Waals surface area contributed by atoms with Crippen LogP contribution >= 0.6 is 0 Å². The van der Waals surface area contributed by atoms with Crippen molar-refractivity contribution in [3.05, 3.63) is 65.2 Å². The number of rotatable bonds is 5. The summed E-state index contributed by atoms with van der Waals surface area (Å²) in [7, 11) is 0. The number of ether oxygens (including phenoxy) is 1. The molecule has 3 rings (SSSR count). The topological polar surface area (TPSA) is 35.2 Å². The molecule has 0 amide bonds. The first-order valence-electron chi connectivity index (χ1n) is 7.86. The molecule has 110 valence electrons. The van der Waals surface area contributed by atoms with E-state index < -0.39 is 0 Å². The van der Waals surface area contributed by atoms with Crippen LogP contribution in [0.15, 0.2) is 48.5 Å². The summed E-state index contributed by atoms with van der Waals surface area (Å²) in [6, 6.07) is 16.7. The van der Waals surface area contributed by atoms with Crippen LogP contribution in [0.5, 0.6) is 5.75 Å². The first-order chi connectivity index (χ1) is 10.3. The third kappa shape index (κ3) is 2.96. The van der Waals surface area contributed by atoms with Crippen LogP contribution in [-0.4, -0.2) is 6.61 Å². The van der Waals surface area contributed by atoms with Crippen LogP contribution in [0.25, 0.3) is 0 Å². The Labute approximate surface area is 126 Å². The second-order valence-corrected chi connectivity index (χ2v) is 5.75. The average Bonchev–Trinajstić information content (AvgIpc) is 2.46. The Balaban J connectivity index is 1.89. The second-order valence-electron chi connectivity index (χ2n) is 5.75. The van der Waals surface area contributed by atoms with Crippen molar-refractivity contribution in [2.75, 3.05) is 6.61 Å². The number of para-hydroxylation sites is 1. The minimum absolute atomic E-state index is 0.132. The molecule has 1 unspecified atom stereocenters. The van der Waals surface area contributed by atoms with Crippen LogP contribution in [-0.2, 0) is 0 Å². The third-order valence-corrected chi connectivity index (χ3v) is 4.40. The zero-order chi connectivity index (χ0) is 14.7. The van der Waals surface area contributed by atoms with E-state index >= 15 is 0 Å². The smallest absolute Gasteiger partial charge is 0.124 e. The Morgan fingerprint density at radius 1 is 1.14 bits per heavy atom. The summed E-state index contributed by atoms with van der Waals surface area (Å²) in [4.78, 5) is 0. The van der Waals surface area contributed by atoms with E-state index in [1.165, 1.54) is 30.4 Å². The van der Waals surface area contributed by atoms with Gasteiger partial charge in [0.25, 0.3) is 0 Å². The highest BCUT2D eigenvalue weighted by molar-refractivity contribution is 5.42. The van der Waals surface area contributed by atoms with Crippen LogP contribution in [0.1, 0.15) is 54.8 Å². The fourth-order valence-electron chi connectivity index (χ4n) is 2.95. The number of hydrogen-bond acceptors (Lipinski definition) is 2. The molecule has 2 aromatic carbocycles.